The lowest BCUT2D eigenvalue weighted by atomic mass is 10.2. The van der Waals surface area contributed by atoms with E-state index in [2.05, 4.69) is 15.6 Å². The van der Waals surface area contributed by atoms with Gasteiger partial charge in [-0.05, 0) is 24.3 Å². The zero-order valence-electron chi connectivity index (χ0n) is 11.2. The molecule has 2 N–H and O–H groups in total. The van der Waals surface area contributed by atoms with Crippen LogP contribution in [0.15, 0.2) is 36.8 Å². The topological polar surface area (TPSA) is 59.0 Å². The van der Waals surface area contributed by atoms with E-state index >= 15 is 0 Å². The third-order valence-corrected chi connectivity index (χ3v) is 2.88. The Balaban J connectivity index is 1.92. The van der Waals surface area contributed by atoms with Crippen molar-refractivity contribution < 1.29 is 4.79 Å². The second-order valence-electron chi connectivity index (χ2n) is 4.33. The number of hydrogen-bond donors (Lipinski definition) is 2. The average Bonchev–Trinajstić information content (AvgIpc) is 2.83. The molecule has 19 heavy (non-hydrogen) atoms. The van der Waals surface area contributed by atoms with Crippen LogP contribution in [-0.4, -0.2) is 15.5 Å². The van der Waals surface area contributed by atoms with E-state index in [9.17, 15) is 4.79 Å². The number of anilines is 2. The van der Waals surface area contributed by atoms with Crippen LogP contribution in [0.25, 0.3) is 0 Å². The summed E-state index contributed by atoms with van der Waals surface area (Å²) in [5.74, 6) is 0.0237. The Kier molecular flexibility index (Phi) is 4.18. The molecule has 0 radical (unpaired) electrons. The van der Waals surface area contributed by atoms with Gasteiger partial charge in [-0.1, -0.05) is 6.92 Å². The Morgan fingerprint density at radius 3 is 2.53 bits per heavy atom. The normalized spacial score (nSPS) is 10.2. The fraction of sp³-hybridized carbons (Fsp3) is 0.286. The summed E-state index contributed by atoms with van der Waals surface area (Å²) in [6.07, 6.45) is 4.10. The van der Waals surface area contributed by atoms with Crippen LogP contribution < -0.4 is 10.6 Å². The lowest BCUT2D eigenvalue weighted by Crippen LogP contribution is -2.09. The van der Waals surface area contributed by atoms with Crippen LogP contribution in [0, 0.1) is 0 Å². The van der Waals surface area contributed by atoms with E-state index in [1.54, 1.807) is 6.33 Å². The molecule has 1 aromatic heterocycles. The summed E-state index contributed by atoms with van der Waals surface area (Å²) in [4.78, 5) is 15.3. The van der Waals surface area contributed by atoms with Gasteiger partial charge in [0.1, 0.15) is 0 Å². The fourth-order valence-corrected chi connectivity index (χ4v) is 1.67. The summed E-state index contributed by atoms with van der Waals surface area (Å²) in [6.45, 7) is 2.55. The number of benzene rings is 1. The zero-order chi connectivity index (χ0) is 13.7. The second-order valence-corrected chi connectivity index (χ2v) is 4.33. The van der Waals surface area contributed by atoms with Crippen molar-refractivity contribution in [2.24, 2.45) is 7.05 Å². The van der Waals surface area contributed by atoms with Crippen molar-refractivity contribution in [3.05, 3.63) is 42.5 Å². The van der Waals surface area contributed by atoms with Gasteiger partial charge in [0, 0.05) is 31.0 Å². The molecule has 100 valence electrons. The molecule has 0 unspecified atom stereocenters. The number of carbonyl (C=O) groups is 1. The van der Waals surface area contributed by atoms with Crippen LogP contribution in [0.3, 0.4) is 0 Å². The summed E-state index contributed by atoms with van der Waals surface area (Å²) in [7, 11) is 1.97. The quantitative estimate of drug-likeness (QED) is 0.865. The SMILES string of the molecule is CCC(=O)Nc1ccc(NCc2cncn2C)cc1. The molecule has 0 aliphatic rings. The van der Waals surface area contributed by atoms with Crippen molar-refractivity contribution in [1.82, 2.24) is 9.55 Å². The number of carbonyl (C=O) groups excluding carboxylic acids is 1. The molecule has 0 atom stereocenters. The minimum atomic E-state index is 0.0237. The van der Waals surface area contributed by atoms with E-state index < -0.39 is 0 Å². The molecular weight excluding hydrogens is 240 g/mol. The smallest absolute Gasteiger partial charge is 0.224 e. The first kappa shape index (κ1) is 13.1. The van der Waals surface area contributed by atoms with Gasteiger partial charge in [-0.2, -0.15) is 0 Å². The van der Waals surface area contributed by atoms with Gasteiger partial charge in [0.15, 0.2) is 0 Å². The van der Waals surface area contributed by atoms with E-state index in [1.807, 2.05) is 49.0 Å². The third kappa shape index (κ3) is 3.58. The van der Waals surface area contributed by atoms with Crippen molar-refractivity contribution in [3.8, 4) is 0 Å². The summed E-state index contributed by atoms with van der Waals surface area (Å²) in [6, 6.07) is 7.67. The Morgan fingerprint density at radius 1 is 1.26 bits per heavy atom. The van der Waals surface area contributed by atoms with Crippen LogP contribution >= 0.6 is 0 Å². The van der Waals surface area contributed by atoms with Gasteiger partial charge >= 0.3 is 0 Å². The predicted octanol–water partition coefficient (Wildman–Crippen LogP) is 2.38. The minimum Gasteiger partial charge on any atom is -0.379 e. The number of aromatic nitrogens is 2. The molecular formula is C14H18N4O. The van der Waals surface area contributed by atoms with Gasteiger partial charge in [0.05, 0.1) is 18.6 Å². The van der Waals surface area contributed by atoms with Crippen molar-refractivity contribution in [1.29, 1.82) is 0 Å². The molecule has 0 spiro atoms. The molecule has 0 aliphatic heterocycles. The first-order valence-electron chi connectivity index (χ1n) is 6.28. The van der Waals surface area contributed by atoms with Crippen LogP contribution in [0.4, 0.5) is 11.4 Å². The molecule has 5 heteroatoms. The predicted molar refractivity (Wildman–Crippen MR) is 75.9 cm³/mol. The summed E-state index contributed by atoms with van der Waals surface area (Å²) in [5.41, 5.74) is 2.94. The van der Waals surface area contributed by atoms with Crippen molar-refractivity contribution >= 4 is 17.3 Å². The number of imidazole rings is 1. The van der Waals surface area contributed by atoms with E-state index in [0.717, 1.165) is 23.6 Å². The molecule has 5 nitrogen and oxygen atoms in total. The maximum absolute atomic E-state index is 11.2. The molecule has 2 aromatic rings. The molecule has 0 fully saturated rings. The van der Waals surface area contributed by atoms with Gasteiger partial charge in [-0.15, -0.1) is 0 Å². The molecule has 0 aliphatic carbocycles. The number of nitrogens with one attached hydrogen (secondary N) is 2. The van der Waals surface area contributed by atoms with Crippen molar-refractivity contribution in [2.45, 2.75) is 19.9 Å². The van der Waals surface area contributed by atoms with Crippen molar-refractivity contribution in [3.63, 3.8) is 0 Å². The molecule has 0 saturated carbocycles. The van der Waals surface area contributed by atoms with E-state index in [4.69, 9.17) is 0 Å². The Morgan fingerprint density at radius 2 is 1.95 bits per heavy atom. The van der Waals surface area contributed by atoms with Crippen LogP contribution in [0.5, 0.6) is 0 Å². The van der Waals surface area contributed by atoms with Gasteiger partial charge in [-0.25, -0.2) is 4.98 Å². The Hall–Kier alpha value is -2.30. The number of rotatable bonds is 5. The van der Waals surface area contributed by atoms with Crippen LogP contribution in [0.2, 0.25) is 0 Å². The van der Waals surface area contributed by atoms with Crippen molar-refractivity contribution in [2.75, 3.05) is 10.6 Å². The van der Waals surface area contributed by atoms with E-state index in [0.29, 0.717) is 6.42 Å². The summed E-state index contributed by atoms with van der Waals surface area (Å²) >= 11 is 0. The highest BCUT2D eigenvalue weighted by Crippen LogP contribution is 2.14. The Bertz CT molecular complexity index is 545. The van der Waals surface area contributed by atoms with Gasteiger partial charge < -0.3 is 15.2 Å². The molecule has 2 rings (SSSR count). The molecule has 0 bridgehead atoms. The Labute approximate surface area is 112 Å². The molecule has 1 amide bonds. The highest BCUT2D eigenvalue weighted by atomic mass is 16.1. The average molecular weight is 258 g/mol. The van der Waals surface area contributed by atoms with Gasteiger partial charge in [-0.3, -0.25) is 4.79 Å². The fourth-order valence-electron chi connectivity index (χ4n) is 1.67. The minimum absolute atomic E-state index is 0.0237. The first-order valence-corrected chi connectivity index (χ1v) is 6.28. The maximum atomic E-state index is 11.2. The first-order chi connectivity index (χ1) is 9.19. The van der Waals surface area contributed by atoms with Crippen LogP contribution in [-0.2, 0) is 18.4 Å². The summed E-state index contributed by atoms with van der Waals surface area (Å²) in [5, 5.41) is 6.13. The van der Waals surface area contributed by atoms with Gasteiger partial charge in [0.2, 0.25) is 5.91 Å². The number of nitrogens with zero attached hydrogens (tertiary/aromatic N) is 2. The molecule has 0 saturated heterocycles. The molecule has 1 heterocycles. The number of amides is 1. The lowest BCUT2D eigenvalue weighted by molar-refractivity contribution is -0.115. The largest absolute Gasteiger partial charge is 0.379 e. The van der Waals surface area contributed by atoms with Gasteiger partial charge in [0.25, 0.3) is 0 Å². The lowest BCUT2D eigenvalue weighted by Gasteiger charge is -2.08. The zero-order valence-corrected chi connectivity index (χ0v) is 11.2. The molecule has 1 aromatic carbocycles. The monoisotopic (exact) mass is 258 g/mol. The highest BCUT2D eigenvalue weighted by Gasteiger charge is 2.00. The third-order valence-electron chi connectivity index (χ3n) is 2.88. The second kappa shape index (κ2) is 6.04. The highest BCUT2D eigenvalue weighted by molar-refractivity contribution is 5.90. The van der Waals surface area contributed by atoms with E-state index in [-0.39, 0.29) is 5.91 Å². The number of hydrogen-bond acceptors (Lipinski definition) is 3. The van der Waals surface area contributed by atoms with Crippen LogP contribution in [0.1, 0.15) is 19.0 Å². The standard InChI is InChI=1S/C14H18N4O/c1-3-14(19)17-12-6-4-11(5-7-12)16-9-13-8-15-10-18(13)2/h4-8,10,16H,3,9H2,1-2H3,(H,17,19). The van der Waals surface area contributed by atoms with E-state index in [1.165, 1.54) is 0 Å². The summed E-state index contributed by atoms with van der Waals surface area (Å²) < 4.78 is 1.98. The number of aryl methyl sites for hydroxylation is 1. The maximum Gasteiger partial charge on any atom is 0.224 e.